The predicted molar refractivity (Wildman–Crippen MR) is 119 cm³/mol. The first-order chi connectivity index (χ1) is 15.7. The van der Waals surface area contributed by atoms with Crippen molar-refractivity contribution >= 4 is 34.8 Å². The van der Waals surface area contributed by atoms with Crippen molar-refractivity contribution in [3.8, 4) is 5.75 Å². The van der Waals surface area contributed by atoms with E-state index in [0.29, 0.717) is 5.56 Å². The Morgan fingerprint density at radius 2 is 1.76 bits per heavy atom. The van der Waals surface area contributed by atoms with Crippen LogP contribution < -0.4 is 11.1 Å². The number of primary amides is 1. The third-order valence-corrected chi connectivity index (χ3v) is 6.87. The van der Waals surface area contributed by atoms with E-state index >= 15 is 0 Å². The minimum atomic E-state index is -2.61. The Morgan fingerprint density at radius 1 is 1.12 bits per heavy atom. The van der Waals surface area contributed by atoms with E-state index in [1.54, 1.807) is 26.8 Å². The first kappa shape index (κ1) is 23.5. The summed E-state index contributed by atoms with van der Waals surface area (Å²) in [7, 11) is 0. The number of nitrogens with one attached hydrogen (secondary N) is 1. The number of Topliss-reactive ketones (excluding diaryl/α,β-unsaturated/α-hetero) is 2. The molecule has 0 spiro atoms. The number of aliphatic hydroxyl groups excluding tert-OH is 2. The molecule has 7 N–H and O–H groups in total. The SMILES string of the molecule is CC(C)(C)C(=O)Nc1ccc2c(c1O)C(O)=C1C(=O)C3(O)C(O)=C(C(N)=O)C(=O)CC3CC1C2. The molecule has 1 saturated carbocycles. The van der Waals surface area contributed by atoms with Gasteiger partial charge in [0.15, 0.2) is 11.4 Å². The second kappa shape index (κ2) is 7.42. The van der Waals surface area contributed by atoms with Crippen molar-refractivity contribution in [1.29, 1.82) is 0 Å². The zero-order valence-electron chi connectivity index (χ0n) is 18.9. The number of rotatable bonds is 2. The lowest BCUT2D eigenvalue weighted by Gasteiger charge is -2.46. The van der Waals surface area contributed by atoms with Crippen molar-refractivity contribution in [3.05, 3.63) is 40.2 Å². The Labute approximate surface area is 194 Å². The molecule has 0 bridgehead atoms. The van der Waals surface area contributed by atoms with Gasteiger partial charge in [-0.2, -0.15) is 0 Å². The average Bonchev–Trinajstić information content (AvgIpc) is 2.71. The van der Waals surface area contributed by atoms with Gasteiger partial charge in [0.2, 0.25) is 11.7 Å². The van der Waals surface area contributed by atoms with E-state index in [4.69, 9.17) is 5.73 Å². The van der Waals surface area contributed by atoms with Crippen molar-refractivity contribution in [2.24, 2.45) is 23.0 Å². The number of nitrogens with two attached hydrogens (primary N) is 1. The zero-order valence-corrected chi connectivity index (χ0v) is 18.9. The van der Waals surface area contributed by atoms with Gasteiger partial charge in [-0.3, -0.25) is 19.2 Å². The fourth-order valence-electron chi connectivity index (χ4n) is 5.01. The molecule has 1 aromatic carbocycles. The molecule has 0 heterocycles. The van der Waals surface area contributed by atoms with Gasteiger partial charge >= 0.3 is 0 Å². The van der Waals surface area contributed by atoms with Gasteiger partial charge in [-0.1, -0.05) is 26.8 Å². The first-order valence-corrected chi connectivity index (χ1v) is 10.8. The summed E-state index contributed by atoms with van der Waals surface area (Å²) in [5, 5.41) is 46.3. The molecule has 4 rings (SSSR count). The molecule has 0 aliphatic heterocycles. The van der Waals surface area contributed by atoms with Crippen molar-refractivity contribution < 1.29 is 39.6 Å². The number of fused-ring (bicyclic) bond motifs is 3. The number of carbonyl (C=O) groups is 4. The van der Waals surface area contributed by atoms with Gasteiger partial charge in [-0.15, -0.1) is 0 Å². The summed E-state index contributed by atoms with van der Waals surface area (Å²) < 4.78 is 0. The van der Waals surface area contributed by atoms with Crippen molar-refractivity contribution in [2.75, 3.05) is 5.32 Å². The van der Waals surface area contributed by atoms with Gasteiger partial charge in [0.05, 0.1) is 11.3 Å². The number of anilines is 1. The van der Waals surface area contributed by atoms with E-state index in [-0.39, 0.29) is 42.0 Å². The largest absolute Gasteiger partial charge is 0.508 e. The van der Waals surface area contributed by atoms with E-state index in [2.05, 4.69) is 5.32 Å². The lowest BCUT2D eigenvalue weighted by atomic mass is 9.59. The van der Waals surface area contributed by atoms with Crippen LogP contribution >= 0.6 is 0 Å². The number of hydrogen-bond donors (Lipinski definition) is 6. The summed E-state index contributed by atoms with van der Waals surface area (Å²) in [4.78, 5) is 49.9. The quantitative estimate of drug-likeness (QED) is 0.276. The maximum atomic E-state index is 13.4. The van der Waals surface area contributed by atoms with Crippen molar-refractivity contribution in [3.63, 3.8) is 0 Å². The number of ketones is 2. The number of phenols is 1. The molecule has 2 amide bonds. The Kier molecular flexibility index (Phi) is 5.13. The number of benzene rings is 1. The maximum Gasteiger partial charge on any atom is 0.255 e. The molecule has 3 aliphatic rings. The van der Waals surface area contributed by atoms with Gasteiger partial charge in [0.25, 0.3) is 5.91 Å². The molecule has 1 fully saturated rings. The summed E-state index contributed by atoms with van der Waals surface area (Å²) in [6, 6.07) is 3.11. The van der Waals surface area contributed by atoms with Crippen LogP contribution in [0.5, 0.6) is 5.75 Å². The summed E-state index contributed by atoms with van der Waals surface area (Å²) in [5.41, 5.74) is 1.21. The van der Waals surface area contributed by atoms with Crippen LogP contribution in [0.3, 0.4) is 0 Å². The van der Waals surface area contributed by atoms with E-state index in [0.717, 1.165) is 0 Å². The van der Waals surface area contributed by atoms with Crippen LogP contribution in [-0.4, -0.2) is 49.4 Å². The molecule has 0 saturated heterocycles. The lowest BCUT2D eigenvalue weighted by Crippen LogP contribution is -2.58. The molecule has 1 aromatic rings. The van der Waals surface area contributed by atoms with Crippen LogP contribution in [0.25, 0.3) is 5.76 Å². The lowest BCUT2D eigenvalue weighted by molar-refractivity contribution is -0.147. The van der Waals surface area contributed by atoms with Gasteiger partial charge in [-0.05, 0) is 30.4 Å². The highest BCUT2D eigenvalue weighted by molar-refractivity contribution is 6.22. The highest BCUT2D eigenvalue weighted by Gasteiger charge is 2.60. The number of hydrogen-bond acceptors (Lipinski definition) is 8. The number of phenolic OH excluding ortho intramolecular Hbond substituents is 1. The van der Waals surface area contributed by atoms with Crippen molar-refractivity contribution in [2.45, 2.75) is 45.6 Å². The van der Waals surface area contributed by atoms with Gasteiger partial charge in [0, 0.05) is 23.3 Å². The van der Waals surface area contributed by atoms with Crippen molar-refractivity contribution in [1.82, 2.24) is 0 Å². The van der Waals surface area contributed by atoms with Crippen LogP contribution in [0.2, 0.25) is 0 Å². The minimum Gasteiger partial charge on any atom is -0.508 e. The molecule has 0 radical (unpaired) electrons. The molecule has 3 atom stereocenters. The highest BCUT2D eigenvalue weighted by atomic mass is 16.3. The molecular formula is C24H26N2O8. The molecule has 3 unspecified atom stereocenters. The summed E-state index contributed by atoms with van der Waals surface area (Å²) in [6.45, 7) is 5.07. The average molecular weight is 470 g/mol. The maximum absolute atomic E-state index is 13.4. The van der Waals surface area contributed by atoms with Crippen LogP contribution in [0.1, 0.15) is 44.7 Å². The summed E-state index contributed by atoms with van der Waals surface area (Å²) >= 11 is 0. The van der Waals surface area contributed by atoms with Gasteiger partial charge in [0.1, 0.15) is 22.8 Å². The summed E-state index contributed by atoms with van der Waals surface area (Å²) in [5.74, 6) is -7.26. The van der Waals surface area contributed by atoms with Crippen LogP contribution in [0.4, 0.5) is 5.69 Å². The molecular weight excluding hydrogens is 444 g/mol. The smallest absolute Gasteiger partial charge is 0.255 e. The molecule has 3 aliphatic carbocycles. The molecule has 10 nitrogen and oxygen atoms in total. The molecule has 0 aromatic heterocycles. The summed E-state index contributed by atoms with van der Waals surface area (Å²) in [6.07, 6.45) is -0.105. The normalized spacial score (nSPS) is 26.6. The molecule has 180 valence electrons. The van der Waals surface area contributed by atoms with E-state index < -0.39 is 63.2 Å². The van der Waals surface area contributed by atoms with Gasteiger partial charge in [-0.25, -0.2) is 0 Å². The highest BCUT2D eigenvalue weighted by Crippen LogP contribution is 2.52. The zero-order chi connectivity index (χ0) is 25.3. The monoisotopic (exact) mass is 470 g/mol. The molecule has 34 heavy (non-hydrogen) atoms. The standard InChI is InChI=1S/C24H26N2O8/c1-23(2,3)22(33)26-12-5-4-9-6-10-7-11-8-13(27)16(21(25)32)20(31)24(11,34)19(30)15(10)18(29)14(9)17(12)28/h4-5,10-11,28-29,31,34H,6-8H2,1-3H3,(H2,25,32)(H,26,33). The number of amides is 2. The molecule has 10 heteroatoms. The second-order valence-electron chi connectivity index (χ2n) is 10.1. The van der Waals surface area contributed by atoms with Crippen LogP contribution in [0, 0.1) is 17.3 Å². The van der Waals surface area contributed by atoms with E-state index in [9.17, 15) is 39.6 Å². The second-order valence-corrected chi connectivity index (χ2v) is 10.1. The third-order valence-electron chi connectivity index (χ3n) is 6.87. The van der Waals surface area contributed by atoms with E-state index in [1.807, 2.05) is 0 Å². The topological polar surface area (TPSA) is 187 Å². The Morgan fingerprint density at radius 3 is 2.35 bits per heavy atom. The fraction of sp³-hybridized carbons (Fsp3) is 0.417. The fourth-order valence-corrected chi connectivity index (χ4v) is 5.01. The van der Waals surface area contributed by atoms with Crippen LogP contribution in [0.15, 0.2) is 29.0 Å². The Hall–Kier alpha value is -3.66. The number of carbonyl (C=O) groups excluding carboxylic acids is 4. The minimum absolute atomic E-state index is 0.0335. The van der Waals surface area contributed by atoms with Gasteiger partial charge < -0.3 is 31.5 Å². The Bertz CT molecular complexity index is 1240. The first-order valence-electron chi connectivity index (χ1n) is 10.8. The number of aromatic hydroxyl groups is 1. The predicted octanol–water partition coefficient (Wildman–Crippen LogP) is 1.41. The Balaban J connectivity index is 1.84. The third kappa shape index (κ3) is 3.20. The number of aliphatic hydroxyl groups is 3. The van der Waals surface area contributed by atoms with Crippen LogP contribution in [-0.2, 0) is 25.6 Å². The van der Waals surface area contributed by atoms with E-state index in [1.165, 1.54) is 6.07 Å².